The standard InChI is InChI=1S/C18H27N3O2.ClH/c1-13(2)10-16(11-19)20-18(23)15-7-5-14(6-8-15)12-21-9-3-4-17(21)22;/h5-8,13,16H,3-4,9-12,19H2,1-2H3,(H,20,23);1H. The molecule has 2 amide bonds. The van der Waals surface area contributed by atoms with E-state index >= 15 is 0 Å². The largest absolute Gasteiger partial charge is 0.348 e. The summed E-state index contributed by atoms with van der Waals surface area (Å²) in [4.78, 5) is 25.8. The van der Waals surface area contributed by atoms with E-state index < -0.39 is 0 Å². The van der Waals surface area contributed by atoms with Crippen LogP contribution in [0.3, 0.4) is 0 Å². The second-order valence-electron chi connectivity index (χ2n) is 6.65. The molecule has 0 aromatic heterocycles. The lowest BCUT2D eigenvalue weighted by Gasteiger charge is -2.19. The highest BCUT2D eigenvalue weighted by atomic mass is 35.5. The molecule has 1 fully saturated rings. The van der Waals surface area contributed by atoms with Crippen LogP contribution in [0.15, 0.2) is 24.3 Å². The van der Waals surface area contributed by atoms with Gasteiger partial charge in [0.05, 0.1) is 0 Å². The van der Waals surface area contributed by atoms with Gasteiger partial charge in [-0.1, -0.05) is 26.0 Å². The number of amides is 2. The summed E-state index contributed by atoms with van der Waals surface area (Å²) in [5.41, 5.74) is 7.40. The van der Waals surface area contributed by atoms with Gasteiger partial charge in [-0.05, 0) is 36.5 Å². The van der Waals surface area contributed by atoms with Crippen molar-refractivity contribution in [3.05, 3.63) is 35.4 Å². The molecule has 1 aliphatic heterocycles. The van der Waals surface area contributed by atoms with Crippen molar-refractivity contribution in [1.29, 1.82) is 0 Å². The SMILES string of the molecule is CC(C)CC(CN)NC(=O)c1ccc(CN2CCCC2=O)cc1.Cl. The molecule has 1 aromatic rings. The second kappa shape index (κ2) is 9.64. The highest BCUT2D eigenvalue weighted by molar-refractivity contribution is 5.94. The Kier molecular flexibility index (Phi) is 8.22. The van der Waals surface area contributed by atoms with E-state index in [-0.39, 0.29) is 30.3 Å². The van der Waals surface area contributed by atoms with Crippen LogP contribution in [0, 0.1) is 5.92 Å². The number of hydrogen-bond acceptors (Lipinski definition) is 3. The number of rotatable bonds is 7. The third-order valence-corrected chi connectivity index (χ3v) is 4.14. The summed E-state index contributed by atoms with van der Waals surface area (Å²) < 4.78 is 0. The Labute approximate surface area is 150 Å². The molecule has 1 heterocycles. The van der Waals surface area contributed by atoms with Crippen molar-refractivity contribution in [3.8, 4) is 0 Å². The molecular weight excluding hydrogens is 326 g/mol. The van der Waals surface area contributed by atoms with Gasteiger partial charge in [0.2, 0.25) is 5.91 Å². The fourth-order valence-electron chi connectivity index (χ4n) is 2.90. The molecular formula is C18H28ClN3O2. The Balaban J connectivity index is 0.00000288. The van der Waals surface area contributed by atoms with Gasteiger partial charge in [-0.3, -0.25) is 9.59 Å². The molecule has 5 nitrogen and oxygen atoms in total. The Morgan fingerprint density at radius 3 is 2.46 bits per heavy atom. The third-order valence-electron chi connectivity index (χ3n) is 4.14. The molecule has 3 N–H and O–H groups in total. The van der Waals surface area contributed by atoms with Crippen LogP contribution in [-0.2, 0) is 11.3 Å². The van der Waals surface area contributed by atoms with Gasteiger partial charge >= 0.3 is 0 Å². The average molecular weight is 354 g/mol. The van der Waals surface area contributed by atoms with Gasteiger partial charge in [-0.25, -0.2) is 0 Å². The molecule has 1 aliphatic rings. The maximum atomic E-state index is 12.3. The summed E-state index contributed by atoms with van der Waals surface area (Å²) >= 11 is 0. The lowest BCUT2D eigenvalue weighted by Crippen LogP contribution is -2.41. The van der Waals surface area contributed by atoms with Crippen molar-refractivity contribution in [2.24, 2.45) is 11.7 Å². The van der Waals surface area contributed by atoms with Crippen molar-refractivity contribution in [1.82, 2.24) is 10.2 Å². The van der Waals surface area contributed by atoms with Gasteiger partial charge in [-0.15, -0.1) is 12.4 Å². The Bertz CT molecular complexity index is 546. The zero-order valence-corrected chi connectivity index (χ0v) is 15.3. The Morgan fingerprint density at radius 2 is 1.96 bits per heavy atom. The van der Waals surface area contributed by atoms with E-state index in [4.69, 9.17) is 5.73 Å². The number of hydrogen-bond donors (Lipinski definition) is 2. The summed E-state index contributed by atoms with van der Waals surface area (Å²) in [5.74, 6) is 0.611. The summed E-state index contributed by atoms with van der Waals surface area (Å²) in [7, 11) is 0. The van der Waals surface area contributed by atoms with E-state index in [1.807, 2.05) is 29.2 Å². The quantitative estimate of drug-likeness (QED) is 0.790. The fraction of sp³-hybridized carbons (Fsp3) is 0.556. The molecule has 0 spiro atoms. The molecule has 1 saturated heterocycles. The number of carbonyl (C=O) groups is 2. The topological polar surface area (TPSA) is 75.4 Å². The molecule has 0 aliphatic carbocycles. The van der Waals surface area contributed by atoms with Gasteiger partial charge in [0.25, 0.3) is 5.91 Å². The van der Waals surface area contributed by atoms with Gasteiger partial charge in [0, 0.05) is 37.7 Å². The minimum absolute atomic E-state index is 0. The predicted molar refractivity (Wildman–Crippen MR) is 98.1 cm³/mol. The second-order valence-corrected chi connectivity index (χ2v) is 6.65. The molecule has 0 saturated carbocycles. The molecule has 1 aromatic carbocycles. The van der Waals surface area contributed by atoms with Gasteiger partial charge in [-0.2, -0.15) is 0 Å². The molecule has 134 valence electrons. The van der Waals surface area contributed by atoms with Crippen LogP contribution >= 0.6 is 12.4 Å². The summed E-state index contributed by atoms with van der Waals surface area (Å²) in [5, 5.41) is 2.99. The van der Waals surface area contributed by atoms with Crippen molar-refractivity contribution in [3.63, 3.8) is 0 Å². The summed E-state index contributed by atoms with van der Waals surface area (Å²) in [6.45, 7) is 6.12. The first-order chi connectivity index (χ1) is 11.0. The molecule has 2 rings (SSSR count). The number of carbonyl (C=O) groups excluding carboxylic acids is 2. The minimum Gasteiger partial charge on any atom is -0.348 e. The maximum Gasteiger partial charge on any atom is 0.251 e. The third kappa shape index (κ3) is 5.80. The van der Waals surface area contributed by atoms with Gasteiger partial charge in [0.1, 0.15) is 0 Å². The molecule has 1 atom stereocenters. The van der Waals surface area contributed by atoms with Crippen molar-refractivity contribution in [2.75, 3.05) is 13.1 Å². The number of benzene rings is 1. The van der Waals surface area contributed by atoms with Gasteiger partial charge < -0.3 is 16.0 Å². The van der Waals surface area contributed by atoms with Crippen LogP contribution in [-0.4, -0.2) is 35.8 Å². The highest BCUT2D eigenvalue weighted by Crippen LogP contribution is 2.15. The van der Waals surface area contributed by atoms with Gasteiger partial charge in [0.15, 0.2) is 0 Å². The monoisotopic (exact) mass is 353 g/mol. The first kappa shape index (κ1) is 20.5. The normalized spacial score (nSPS) is 15.3. The van der Waals surface area contributed by atoms with Crippen molar-refractivity contribution >= 4 is 24.2 Å². The van der Waals surface area contributed by atoms with Crippen LogP contribution in [0.25, 0.3) is 0 Å². The number of nitrogens with one attached hydrogen (secondary N) is 1. The summed E-state index contributed by atoms with van der Waals surface area (Å²) in [6, 6.07) is 7.47. The summed E-state index contributed by atoms with van der Waals surface area (Å²) in [6.07, 6.45) is 2.46. The van der Waals surface area contributed by atoms with E-state index in [1.165, 1.54) is 0 Å². The highest BCUT2D eigenvalue weighted by Gasteiger charge is 2.20. The van der Waals surface area contributed by atoms with Crippen LogP contribution in [0.1, 0.15) is 49.0 Å². The lowest BCUT2D eigenvalue weighted by atomic mass is 10.0. The van der Waals surface area contributed by atoms with Crippen LogP contribution in [0.4, 0.5) is 0 Å². The first-order valence-electron chi connectivity index (χ1n) is 8.37. The van der Waals surface area contributed by atoms with Crippen LogP contribution < -0.4 is 11.1 Å². The predicted octanol–water partition coefficient (Wildman–Crippen LogP) is 2.33. The van der Waals surface area contributed by atoms with E-state index in [9.17, 15) is 9.59 Å². The molecule has 0 bridgehead atoms. The molecule has 1 unspecified atom stereocenters. The van der Waals surface area contributed by atoms with E-state index in [0.717, 1.165) is 24.9 Å². The number of nitrogens with zero attached hydrogens (tertiary/aromatic N) is 1. The molecule has 24 heavy (non-hydrogen) atoms. The Morgan fingerprint density at radius 1 is 1.29 bits per heavy atom. The molecule has 0 radical (unpaired) electrons. The van der Waals surface area contributed by atoms with Crippen LogP contribution in [0.5, 0.6) is 0 Å². The fourth-order valence-corrected chi connectivity index (χ4v) is 2.90. The maximum absolute atomic E-state index is 12.3. The van der Waals surface area contributed by atoms with Crippen molar-refractivity contribution in [2.45, 2.75) is 45.7 Å². The number of nitrogens with two attached hydrogens (primary N) is 1. The van der Waals surface area contributed by atoms with Crippen molar-refractivity contribution < 1.29 is 9.59 Å². The minimum atomic E-state index is -0.0927. The van der Waals surface area contributed by atoms with E-state index in [0.29, 0.717) is 31.0 Å². The number of likely N-dealkylation sites (tertiary alicyclic amines) is 1. The smallest absolute Gasteiger partial charge is 0.251 e. The zero-order chi connectivity index (χ0) is 16.8. The van der Waals surface area contributed by atoms with E-state index in [1.54, 1.807) is 0 Å². The lowest BCUT2D eigenvalue weighted by molar-refractivity contribution is -0.128. The first-order valence-corrected chi connectivity index (χ1v) is 8.37. The molecule has 6 heteroatoms. The van der Waals surface area contributed by atoms with E-state index in [2.05, 4.69) is 19.2 Å². The number of halogens is 1. The van der Waals surface area contributed by atoms with Crippen LogP contribution in [0.2, 0.25) is 0 Å². The average Bonchev–Trinajstić information content (AvgIpc) is 2.92. The zero-order valence-electron chi connectivity index (χ0n) is 14.5. The Hall–Kier alpha value is -1.59.